The van der Waals surface area contributed by atoms with Gasteiger partial charge in [-0.25, -0.2) is 4.79 Å². The van der Waals surface area contributed by atoms with E-state index in [2.05, 4.69) is 15.5 Å². The van der Waals surface area contributed by atoms with Crippen LogP contribution in [0.3, 0.4) is 0 Å². The van der Waals surface area contributed by atoms with Crippen molar-refractivity contribution in [2.45, 2.75) is 25.4 Å². The lowest BCUT2D eigenvalue weighted by Crippen LogP contribution is -2.35. The molecule has 0 bridgehead atoms. The highest BCUT2D eigenvalue weighted by Crippen LogP contribution is 2.24. The maximum Gasteiger partial charge on any atom is 0.328 e. The summed E-state index contributed by atoms with van der Waals surface area (Å²) in [7, 11) is 0. The third-order valence-electron chi connectivity index (χ3n) is 3.89. The lowest BCUT2D eigenvalue weighted by atomic mass is 10.1. The lowest BCUT2D eigenvalue weighted by Gasteiger charge is -2.19. The van der Waals surface area contributed by atoms with Crippen LogP contribution in [0.15, 0.2) is 53.9 Å². The van der Waals surface area contributed by atoms with Crippen LogP contribution in [-0.2, 0) is 16.1 Å². The fourth-order valence-electron chi connectivity index (χ4n) is 2.64. The highest BCUT2D eigenvalue weighted by atomic mass is 16.4. The first-order valence-corrected chi connectivity index (χ1v) is 8.05. The summed E-state index contributed by atoms with van der Waals surface area (Å²) in [5.74, 6) is -1.33. The van der Waals surface area contributed by atoms with Gasteiger partial charge >= 0.3 is 5.97 Å². The zero-order valence-electron chi connectivity index (χ0n) is 13.6. The predicted molar refractivity (Wildman–Crippen MR) is 92.3 cm³/mol. The third-order valence-corrected chi connectivity index (χ3v) is 3.89. The molecule has 0 aliphatic carbocycles. The summed E-state index contributed by atoms with van der Waals surface area (Å²) in [6.07, 6.45) is 4.37. The highest BCUT2D eigenvalue weighted by molar-refractivity contribution is 6.40. The first-order chi connectivity index (χ1) is 12.1. The van der Waals surface area contributed by atoms with Crippen molar-refractivity contribution in [3.8, 4) is 0 Å². The van der Waals surface area contributed by atoms with Crippen LogP contribution in [0.4, 0.5) is 5.69 Å². The Balaban J connectivity index is 1.59. The van der Waals surface area contributed by atoms with E-state index in [9.17, 15) is 14.7 Å². The van der Waals surface area contributed by atoms with E-state index in [0.29, 0.717) is 18.8 Å². The van der Waals surface area contributed by atoms with Gasteiger partial charge in [-0.05, 0) is 24.6 Å². The summed E-state index contributed by atoms with van der Waals surface area (Å²) in [6, 6.07) is 9.96. The molecule has 1 unspecified atom stereocenters. The molecule has 1 amide bonds. The number of rotatable bonds is 7. The molecule has 0 saturated carbocycles. The van der Waals surface area contributed by atoms with E-state index in [4.69, 9.17) is 0 Å². The predicted octanol–water partition coefficient (Wildman–Crippen LogP) is 1.11. The second-order valence-corrected chi connectivity index (χ2v) is 5.66. The van der Waals surface area contributed by atoms with Crippen LogP contribution in [-0.4, -0.2) is 45.1 Å². The summed E-state index contributed by atoms with van der Waals surface area (Å²) in [5, 5.41) is 21.9. The van der Waals surface area contributed by atoms with E-state index >= 15 is 0 Å². The number of carboxylic acids is 1. The molecule has 8 nitrogen and oxygen atoms in total. The van der Waals surface area contributed by atoms with Gasteiger partial charge < -0.3 is 10.4 Å². The smallest absolute Gasteiger partial charge is 0.328 e. The number of hydrogen-bond donors (Lipinski definition) is 2. The van der Waals surface area contributed by atoms with Gasteiger partial charge in [0.2, 0.25) is 0 Å². The Bertz CT molecular complexity index is 758. The van der Waals surface area contributed by atoms with Crippen molar-refractivity contribution in [1.29, 1.82) is 0 Å². The van der Waals surface area contributed by atoms with Crippen molar-refractivity contribution in [3.05, 3.63) is 48.8 Å². The minimum absolute atomic E-state index is 0.0786. The largest absolute Gasteiger partial charge is 0.480 e. The molecule has 8 heteroatoms. The Kier molecular flexibility index (Phi) is 5.08. The van der Waals surface area contributed by atoms with Crippen molar-refractivity contribution in [1.82, 2.24) is 15.1 Å². The monoisotopic (exact) mass is 341 g/mol. The summed E-state index contributed by atoms with van der Waals surface area (Å²) in [4.78, 5) is 23.8. The maximum atomic E-state index is 12.3. The summed E-state index contributed by atoms with van der Waals surface area (Å²) in [6.45, 7) is 1.18. The highest BCUT2D eigenvalue weighted by Gasteiger charge is 2.35. The second-order valence-electron chi connectivity index (χ2n) is 5.66. The van der Waals surface area contributed by atoms with Gasteiger partial charge in [-0.3, -0.25) is 14.5 Å². The van der Waals surface area contributed by atoms with Crippen LogP contribution in [0, 0.1) is 0 Å². The minimum Gasteiger partial charge on any atom is -0.480 e. The lowest BCUT2D eigenvalue weighted by molar-refractivity contribution is -0.138. The number of aromatic nitrogens is 2. The van der Waals surface area contributed by atoms with Gasteiger partial charge in [0, 0.05) is 31.9 Å². The van der Waals surface area contributed by atoms with Gasteiger partial charge in [-0.2, -0.15) is 10.2 Å². The average Bonchev–Trinajstić information content (AvgIpc) is 3.29. The summed E-state index contributed by atoms with van der Waals surface area (Å²) in [5.41, 5.74) is 0.881. The maximum absolute atomic E-state index is 12.3. The quantitative estimate of drug-likeness (QED) is 0.735. The molecule has 1 aliphatic rings. The Morgan fingerprint density at radius 2 is 2.04 bits per heavy atom. The molecule has 0 radical (unpaired) electrons. The topological polar surface area (TPSA) is 99.8 Å². The number of benzene rings is 1. The first kappa shape index (κ1) is 16.7. The SMILES string of the molecule is O=C(NCCCn1cccn1)C1=NN(c2ccccc2)C(C(=O)O)C1. The van der Waals surface area contributed by atoms with Crippen molar-refractivity contribution < 1.29 is 14.7 Å². The number of carbonyl (C=O) groups excluding carboxylic acids is 1. The van der Waals surface area contributed by atoms with Crippen molar-refractivity contribution >= 4 is 23.3 Å². The van der Waals surface area contributed by atoms with Gasteiger partial charge in [0.05, 0.1) is 5.69 Å². The molecule has 2 aromatic rings. The summed E-state index contributed by atoms with van der Waals surface area (Å²) >= 11 is 0. The molecule has 0 spiro atoms. The van der Waals surface area contributed by atoms with E-state index < -0.39 is 12.0 Å². The Labute approximate surface area is 144 Å². The number of hydrogen-bond acceptors (Lipinski definition) is 5. The fourth-order valence-corrected chi connectivity index (χ4v) is 2.64. The Hall–Kier alpha value is -3.16. The van der Waals surface area contributed by atoms with Gasteiger partial charge in [0.1, 0.15) is 5.71 Å². The van der Waals surface area contributed by atoms with E-state index in [1.807, 2.05) is 18.3 Å². The number of carbonyl (C=O) groups is 2. The van der Waals surface area contributed by atoms with Crippen LogP contribution in [0.2, 0.25) is 0 Å². The number of nitrogens with one attached hydrogen (secondary N) is 1. The number of aryl methyl sites for hydroxylation is 1. The Morgan fingerprint density at radius 3 is 2.72 bits per heavy atom. The first-order valence-electron chi connectivity index (χ1n) is 8.05. The molecule has 2 heterocycles. The third kappa shape index (κ3) is 4.03. The van der Waals surface area contributed by atoms with E-state index in [-0.39, 0.29) is 18.0 Å². The number of carboxylic acid groups (broad SMARTS) is 1. The van der Waals surface area contributed by atoms with Gasteiger partial charge in [0.25, 0.3) is 5.91 Å². The van der Waals surface area contributed by atoms with E-state index in [1.54, 1.807) is 35.1 Å². The molecule has 1 atom stereocenters. The van der Waals surface area contributed by atoms with Crippen LogP contribution in [0.25, 0.3) is 0 Å². The zero-order chi connectivity index (χ0) is 17.6. The molecular weight excluding hydrogens is 322 g/mol. The molecule has 0 saturated heterocycles. The van der Waals surface area contributed by atoms with Crippen molar-refractivity contribution in [2.75, 3.05) is 11.6 Å². The van der Waals surface area contributed by atoms with Crippen molar-refractivity contribution in [2.24, 2.45) is 5.10 Å². The van der Waals surface area contributed by atoms with Gasteiger partial charge in [-0.1, -0.05) is 18.2 Å². The van der Waals surface area contributed by atoms with Crippen LogP contribution < -0.4 is 10.3 Å². The number of aliphatic carboxylic acids is 1. The van der Waals surface area contributed by atoms with Crippen molar-refractivity contribution in [3.63, 3.8) is 0 Å². The summed E-state index contributed by atoms with van der Waals surface area (Å²) < 4.78 is 1.79. The molecule has 0 fully saturated rings. The zero-order valence-corrected chi connectivity index (χ0v) is 13.6. The molecule has 25 heavy (non-hydrogen) atoms. The number of nitrogens with zero attached hydrogens (tertiary/aromatic N) is 4. The molecule has 1 aromatic carbocycles. The number of para-hydroxylation sites is 1. The molecule has 2 N–H and O–H groups in total. The second kappa shape index (κ2) is 7.61. The number of hydrazone groups is 1. The number of amides is 1. The van der Waals surface area contributed by atoms with Crippen LogP contribution in [0.1, 0.15) is 12.8 Å². The molecule has 3 rings (SSSR count). The number of anilines is 1. The van der Waals surface area contributed by atoms with Crippen LogP contribution in [0.5, 0.6) is 0 Å². The molecular formula is C17H19N5O3. The molecule has 1 aromatic heterocycles. The fraction of sp³-hybridized carbons (Fsp3) is 0.294. The van der Waals surface area contributed by atoms with E-state index in [1.165, 1.54) is 5.01 Å². The van der Waals surface area contributed by atoms with Gasteiger partial charge in [0.15, 0.2) is 6.04 Å². The Morgan fingerprint density at radius 1 is 1.24 bits per heavy atom. The standard InChI is InChI=1S/C17H19N5O3/c23-16(18-8-4-10-21-11-5-9-19-21)14-12-15(17(24)25)22(20-14)13-6-2-1-3-7-13/h1-3,5-7,9,11,15H,4,8,10,12H2,(H,18,23)(H,24,25). The van der Waals surface area contributed by atoms with Gasteiger partial charge in [-0.15, -0.1) is 0 Å². The molecule has 130 valence electrons. The van der Waals surface area contributed by atoms with E-state index in [0.717, 1.165) is 6.42 Å². The molecule has 1 aliphatic heterocycles. The van der Waals surface area contributed by atoms with Crippen LogP contribution >= 0.6 is 0 Å². The average molecular weight is 341 g/mol. The minimum atomic E-state index is -1.01. The normalized spacial score (nSPS) is 16.6.